The lowest BCUT2D eigenvalue weighted by molar-refractivity contribution is -0.856. The van der Waals surface area contributed by atoms with Gasteiger partial charge in [-0.25, -0.2) is 0 Å². The van der Waals surface area contributed by atoms with E-state index in [-0.39, 0.29) is 6.29 Å². The molecular weight excluding hydrogens is 256 g/mol. The topological polar surface area (TPSA) is 67.0 Å². The molecule has 0 saturated carbocycles. The summed E-state index contributed by atoms with van der Waals surface area (Å²) in [6.45, 7) is 1.79. The number of hydrogen-bond donors (Lipinski definition) is 1. The number of hydrogen-bond acceptors (Lipinski definition) is 4. The number of rotatable bonds is 2. The molecule has 0 radical (unpaired) electrons. The smallest absolute Gasteiger partial charge is 0.284 e. The van der Waals surface area contributed by atoms with Crippen molar-refractivity contribution < 1.29 is 4.90 Å². The molecule has 1 aromatic rings. The summed E-state index contributed by atoms with van der Waals surface area (Å²) in [5.41, 5.74) is 0.752. The summed E-state index contributed by atoms with van der Waals surface area (Å²) in [6.07, 6.45) is 7.82. The highest BCUT2D eigenvalue weighted by atomic mass is 15.5. The third kappa shape index (κ3) is 3.02. The van der Waals surface area contributed by atoms with Crippen molar-refractivity contribution in [2.24, 2.45) is 34.5 Å². The zero-order chi connectivity index (χ0) is 14.7. The van der Waals surface area contributed by atoms with Crippen LogP contribution in [0.25, 0.3) is 0 Å². The Kier molecular flexibility index (Phi) is 4.14. The molecule has 1 N–H and O–H groups in total. The SMILES string of the molecule is C/C(N=NC1N(C)C=C[NH+]1C)=N\N=c1n(C)ccn1C. The zero-order valence-electron chi connectivity index (χ0n) is 12.5. The highest BCUT2D eigenvalue weighted by Gasteiger charge is 2.24. The van der Waals surface area contributed by atoms with Gasteiger partial charge in [-0.05, 0) is 6.92 Å². The third-order valence-corrected chi connectivity index (χ3v) is 3.11. The van der Waals surface area contributed by atoms with Gasteiger partial charge in [0, 0.05) is 33.5 Å². The van der Waals surface area contributed by atoms with Crippen LogP contribution in [0.4, 0.5) is 0 Å². The summed E-state index contributed by atoms with van der Waals surface area (Å²) in [4.78, 5) is 3.16. The van der Waals surface area contributed by atoms with E-state index in [9.17, 15) is 0 Å². The fourth-order valence-corrected chi connectivity index (χ4v) is 1.89. The normalized spacial score (nSPS) is 23.1. The first-order chi connectivity index (χ1) is 9.49. The van der Waals surface area contributed by atoms with E-state index >= 15 is 0 Å². The number of nitrogens with one attached hydrogen (secondary N) is 1. The van der Waals surface area contributed by atoms with Gasteiger partial charge < -0.3 is 14.0 Å². The Bertz CT molecular complexity index is 583. The van der Waals surface area contributed by atoms with Gasteiger partial charge >= 0.3 is 0 Å². The van der Waals surface area contributed by atoms with Crippen LogP contribution in [0.3, 0.4) is 0 Å². The Morgan fingerprint density at radius 2 is 1.85 bits per heavy atom. The van der Waals surface area contributed by atoms with Gasteiger partial charge in [-0.3, -0.25) is 4.90 Å². The lowest BCUT2D eigenvalue weighted by atomic mass is 10.7. The number of azo groups is 1. The minimum atomic E-state index is -0.0358. The predicted octanol–water partition coefficient (Wildman–Crippen LogP) is -0.735. The maximum atomic E-state index is 4.28. The molecule has 2 rings (SSSR count). The van der Waals surface area contributed by atoms with Crippen molar-refractivity contribution in [1.82, 2.24) is 14.0 Å². The maximum Gasteiger partial charge on any atom is 0.284 e. The molecule has 0 amide bonds. The van der Waals surface area contributed by atoms with Gasteiger partial charge in [-0.15, -0.1) is 20.4 Å². The van der Waals surface area contributed by atoms with Crippen LogP contribution >= 0.6 is 0 Å². The second kappa shape index (κ2) is 5.83. The molecule has 2 heterocycles. The van der Waals surface area contributed by atoms with Crippen LogP contribution in [-0.2, 0) is 14.1 Å². The van der Waals surface area contributed by atoms with Crippen LogP contribution in [0.15, 0.2) is 45.2 Å². The molecule has 0 fully saturated rings. The van der Waals surface area contributed by atoms with Crippen LogP contribution in [0.1, 0.15) is 6.92 Å². The summed E-state index contributed by atoms with van der Waals surface area (Å²) >= 11 is 0. The standard InChI is InChI=1S/C12H20N8/c1-10(13-15-11-17(2)6-7-18(11)3)14-16-12-19(4)8-9-20(12)5/h6-9,11H,1-5H3/p+1/b14-10+,15-13?. The van der Waals surface area contributed by atoms with Crippen LogP contribution in [0.2, 0.25) is 0 Å². The number of imidazole rings is 1. The van der Waals surface area contributed by atoms with Crippen LogP contribution in [0, 0.1) is 0 Å². The second-order valence-corrected chi connectivity index (χ2v) is 4.88. The fraction of sp³-hybridized carbons (Fsp3) is 0.500. The van der Waals surface area contributed by atoms with Crippen LogP contribution in [-0.4, -0.2) is 40.3 Å². The number of aryl methyl sites for hydroxylation is 2. The van der Waals surface area contributed by atoms with Crippen molar-refractivity contribution >= 4 is 5.84 Å². The predicted molar refractivity (Wildman–Crippen MR) is 75.5 cm³/mol. The van der Waals surface area contributed by atoms with Crippen LogP contribution < -0.4 is 10.5 Å². The fourth-order valence-electron chi connectivity index (χ4n) is 1.89. The highest BCUT2D eigenvalue weighted by Crippen LogP contribution is 1.98. The zero-order valence-corrected chi connectivity index (χ0v) is 12.5. The molecule has 1 aliphatic rings. The van der Waals surface area contributed by atoms with E-state index in [0.29, 0.717) is 5.84 Å². The van der Waals surface area contributed by atoms with E-state index in [0.717, 1.165) is 10.5 Å². The molecule has 1 aromatic heterocycles. The molecule has 2 atom stereocenters. The number of aromatic nitrogens is 2. The van der Waals surface area contributed by atoms with E-state index in [1.54, 1.807) is 6.92 Å². The molecule has 20 heavy (non-hydrogen) atoms. The average Bonchev–Trinajstić information content (AvgIpc) is 2.89. The van der Waals surface area contributed by atoms with Gasteiger partial charge in [0.25, 0.3) is 6.29 Å². The van der Waals surface area contributed by atoms with E-state index in [1.165, 1.54) is 0 Å². The van der Waals surface area contributed by atoms with Crippen molar-refractivity contribution in [3.05, 3.63) is 30.4 Å². The number of nitrogens with zero attached hydrogens (tertiary/aromatic N) is 7. The molecule has 8 nitrogen and oxygen atoms in total. The summed E-state index contributed by atoms with van der Waals surface area (Å²) in [5, 5.41) is 16.7. The Balaban J connectivity index is 2.11. The van der Waals surface area contributed by atoms with Crippen molar-refractivity contribution in [3.63, 3.8) is 0 Å². The molecule has 0 bridgehead atoms. The van der Waals surface area contributed by atoms with Crippen LogP contribution in [0.5, 0.6) is 0 Å². The molecule has 0 aromatic carbocycles. The first-order valence-corrected chi connectivity index (χ1v) is 6.39. The maximum absolute atomic E-state index is 4.28. The number of quaternary nitrogens is 1. The van der Waals surface area contributed by atoms with Crippen molar-refractivity contribution in [2.45, 2.75) is 13.2 Å². The summed E-state index contributed by atoms with van der Waals surface area (Å²) in [7, 11) is 7.84. The molecule has 8 heteroatoms. The van der Waals surface area contributed by atoms with E-state index in [2.05, 4.69) is 20.4 Å². The Morgan fingerprint density at radius 3 is 2.40 bits per heavy atom. The molecule has 0 aliphatic carbocycles. The van der Waals surface area contributed by atoms with Gasteiger partial charge in [0.05, 0.1) is 13.2 Å². The average molecular weight is 277 g/mol. The minimum Gasteiger partial charge on any atom is -0.319 e. The van der Waals surface area contributed by atoms with E-state index < -0.39 is 0 Å². The Labute approximate surface area is 118 Å². The molecular formula is C12H21N8+. The summed E-state index contributed by atoms with van der Waals surface area (Å²) in [6, 6.07) is 0. The Morgan fingerprint density at radius 1 is 1.20 bits per heavy atom. The second-order valence-electron chi connectivity index (χ2n) is 4.88. The first kappa shape index (κ1) is 14.2. The quantitative estimate of drug-likeness (QED) is 0.329. The van der Waals surface area contributed by atoms with Crippen molar-refractivity contribution in [1.29, 1.82) is 0 Å². The molecule has 2 unspecified atom stereocenters. The first-order valence-electron chi connectivity index (χ1n) is 6.39. The van der Waals surface area contributed by atoms with E-state index in [1.807, 2.05) is 67.0 Å². The molecule has 0 spiro atoms. The summed E-state index contributed by atoms with van der Waals surface area (Å²) in [5.74, 6) is 0.527. The molecule has 0 saturated heterocycles. The van der Waals surface area contributed by atoms with Gasteiger partial charge in [-0.2, -0.15) is 0 Å². The molecule has 1 aliphatic heterocycles. The summed E-state index contributed by atoms with van der Waals surface area (Å²) < 4.78 is 3.78. The third-order valence-electron chi connectivity index (χ3n) is 3.11. The molecule has 108 valence electrons. The minimum absolute atomic E-state index is 0.0358. The Hall–Kier alpha value is -2.22. The monoisotopic (exact) mass is 277 g/mol. The lowest BCUT2D eigenvalue weighted by Crippen LogP contribution is -3.08. The van der Waals surface area contributed by atoms with Crippen molar-refractivity contribution in [3.8, 4) is 0 Å². The lowest BCUT2D eigenvalue weighted by Gasteiger charge is -2.16. The highest BCUT2D eigenvalue weighted by molar-refractivity contribution is 5.79. The van der Waals surface area contributed by atoms with Crippen molar-refractivity contribution in [2.75, 3.05) is 14.1 Å². The largest absolute Gasteiger partial charge is 0.319 e. The van der Waals surface area contributed by atoms with Gasteiger partial charge in [-0.1, -0.05) is 0 Å². The van der Waals surface area contributed by atoms with E-state index in [4.69, 9.17) is 0 Å². The van der Waals surface area contributed by atoms with Gasteiger partial charge in [0.2, 0.25) is 5.62 Å². The number of amidine groups is 1. The van der Waals surface area contributed by atoms with Gasteiger partial charge in [0.1, 0.15) is 6.20 Å². The van der Waals surface area contributed by atoms with Gasteiger partial charge in [0.15, 0.2) is 5.84 Å².